The van der Waals surface area contributed by atoms with Crippen molar-refractivity contribution < 1.29 is 22.5 Å². The van der Waals surface area contributed by atoms with Gasteiger partial charge in [0.05, 0.1) is 0 Å². The summed E-state index contributed by atoms with van der Waals surface area (Å²) in [6, 6.07) is 5.96. The molecule has 1 N–H and O–H groups in total. The summed E-state index contributed by atoms with van der Waals surface area (Å²) < 4.78 is 41.4. The lowest BCUT2D eigenvalue weighted by atomic mass is 10.1. The number of alkyl halides is 3. The SMILES string of the molecule is CC(C)CCNC(=O)c1ccc(-c2noc(C(F)(F)F)n2)cc1. The lowest BCUT2D eigenvalue weighted by molar-refractivity contribution is -0.159. The molecule has 0 saturated heterocycles. The average Bonchev–Trinajstić information content (AvgIpc) is 2.97. The highest BCUT2D eigenvalue weighted by Crippen LogP contribution is 2.29. The smallest absolute Gasteiger partial charge is 0.352 e. The van der Waals surface area contributed by atoms with Crippen molar-refractivity contribution in [2.75, 3.05) is 6.54 Å². The maximum atomic E-state index is 12.4. The van der Waals surface area contributed by atoms with Crippen LogP contribution in [-0.4, -0.2) is 22.6 Å². The zero-order valence-corrected chi connectivity index (χ0v) is 12.6. The highest BCUT2D eigenvalue weighted by molar-refractivity contribution is 5.94. The van der Waals surface area contributed by atoms with Crippen molar-refractivity contribution in [1.29, 1.82) is 0 Å². The summed E-state index contributed by atoms with van der Waals surface area (Å²) >= 11 is 0. The molecule has 1 heterocycles. The van der Waals surface area contributed by atoms with Gasteiger partial charge in [-0.25, -0.2) is 0 Å². The van der Waals surface area contributed by atoms with E-state index in [1.165, 1.54) is 24.3 Å². The van der Waals surface area contributed by atoms with Crippen molar-refractivity contribution in [1.82, 2.24) is 15.5 Å². The van der Waals surface area contributed by atoms with Crippen LogP contribution in [-0.2, 0) is 6.18 Å². The zero-order chi connectivity index (χ0) is 17.0. The van der Waals surface area contributed by atoms with Crippen molar-refractivity contribution in [2.45, 2.75) is 26.4 Å². The molecule has 1 aromatic heterocycles. The van der Waals surface area contributed by atoms with Crippen LogP contribution in [0.3, 0.4) is 0 Å². The molecule has 0 bridgehead atoms. The Kier molecular flexibility index (Phi) is 5.02. The number of amides is 1. The second-order valence-corrected chi connectivity index (χ2v) is 5.44. The fourth-order valence-corrected chi connectivity index (χ4v) is 1.80. The van der Waals surface area contributed by atoms with Gasteiger partial charge in [0.2, 0.25) is 5.82 Å². The van der Waals surface area contributed by atoms with Crippen LogP contribution in [0, 0.1) is 5.92 Å². The van der Waals surface area contributed by atoms with Gasteiger partial charge in [0.25, 0.3) is 5.91 Å². The molecule has 0 atom stereocenters. The Bertz CT molecular complexity index is 663. The van der Waals surface area contributed by atoms with E-state index in [0.717, 1.165) is 6.42 Å². The van der Waals surface area contributed by atoms with Crippen LogP contribution in [0.25, 0.3) is 11.4 Å². The largest absolute Gasteiger partial charge is 0.471 e. The fraction of sp³-hybridized carbons (Fsp3) is 0.400. The van der Waals surface area contributed by atoms with Gasteiger partial charge in [0.15, 0.2) is 0 Å². The van der Waals surface area contributed by atoms with Crippen LogP contribution < -0.4 is 5.32 Å². The highest BCUT2D eigenvalue weighted by Gasteiger charge is 2.38. The Labute approximate surface area is 130 Å². The number of nitrogens with one attached hydrogen (secondary N) is 1. The van der Waals surface area contributed by atoms with E-state index in [-0.39, 0.29) is 11.7 Å². The van der Waals surface area contributed by atoms with Gasteiger partial charge in [0, 0.05) is 17.7 Å². The minimum atomic E-state index is -4.68. The van der Waals surface area contributed by atoms with E-state index in [1.807, 2.05) is 0 Å². The molecule has 124 valence electrons. The summed E-state index contributed by atoms with van der Waals surface area (Å²) in [4.78, 5) is 15.2. The first-order valence-electron chi connectivity index (χ1n) is 7.07. The maximum absolute atomic E-state index is 12.4. The van der Waals surface area contributed by atoms with Gasteiger partial charge in [-0.05, 0) is 24.5 Å². The van der Waals surface area contributed by atoms with Gasteiger partial charge in [-0.15, -0.1) is 0 Å². The zero-order valence-electron chi connectivity index (χ0n) is 12.6. The third kappa shape index (κ3) is 4.54. The van der Waals surface area contributed by atoms with Crippen molar-refractivity contribution in [3.63, 3.8) is 0 Å². The molecule has 0 aliphatic rings. The van der Waals surface area contributed by atoms with E-state index < -0.39 is 12.1 Å². The van der Waals surface area contributed by atoms with Crippen molar-refractivity contribution >= 4 is 5.91 Å². The van der Waals surface area contributed by atoms with E-state index >= 15 is 0 Å². The Morgan fingerprint density at radius 2 is 1.91 bits per heavy atom. The summed E-state index contributed by atoms with van der Waals surface area (Å²) in [7, 11) is 0. The predicted molar refractivity (Wildman–Crippen MR) is 76.5 cm³/mol. The number of benzene rings is 1. The molecule has 0 spiro atoms. The van der Waals surface area contributed by atoms with E-state index in [0.29, 0.717) is 23.6 Å². The molecule has 1 amide bonds. The fourth-order valence-electron chi connectivity index (χ4n) is 1.80. The van der Waals surface area contributed by atoms with E-state index in [2.05, 4.69) is 33.8 Å². The number of hydrogen-bond acceptors (Lipinski definition) is 4. The molecule has 0 radical (unpaired) electrons. The molecule has 0 aliphatic heterocycles. The lowest BCUT2D eigenvalue weighted by Crippen LogP contribution is -2.25. The molecule has 0 aliphatic carbocycles. The third-order valence-electron chi connectivity index (χ3n) is 3.08. The van der Waals surface area contributed by atoms with E-state index in [9.17, 15) is 18.0 Å². The van der Waals surface area contributed by atoms with E-state index in [1.54, 1.807) is 0 Å². The Hall–Kier alpha value is -2.38. The molecular weight excluding hydrogens is 311 g/mol. The van der Waals surface area contributed by atoms with Gasteiger partial charge in [0.1, 0.15) is 0 Å². The highest BCUT2D eigenvalue weighted by atomic mass is 19.4. The molecule has 0 fully saturated rings. The Balaban J connectivity index is 2.04. The Morgan fingerprint density at radius 3 is 2.43 bits per heavy atom. The second-order valence-electron chi connectivity index (χ2n) is 5.44. The Morgan fingerprint density at radius 1 is 1.26 bits per heavy atom. The molecule has 0 unspecified atom stereocenters. The molecule has 8 heteroatoms. The number of hydrogen-bond donors (Lipinski definition) is 1. The first kappa shape index (κ1) is 17.0. The van der Waals surface area contributed by atoms with Gasteiger partial charge >= 0.3 is 12.1 Å². The average molecular weight is 327 g/mol. The summed E-state index contributed by atoms with van der Waals surface area (Å²) in [5.41, 5.74) is 0.750. The molecule has 5 nitrogen and oxygen atoms in total. The first-order chi connectivity index (χ1) is 10.8. The number of carbonyl (C=O) groups is 1. The maximum Gasteiger partial charge on any atom is 0.471 e. The van der Waals surface area contributed by atoms with Crippen molar-refractivity contribution in [2.24, 2.45) is 5.92 Å². The summed E-state index contributed by atoms with van der Waals surface area (Å²) in [5.74, 6) is -1.33. The first-order valence-corrected chi connectivity index (χ1v) is 7.07. The molecule has 2 aromatic rings. The van der Waals surface area contributed by atoms with Crippen molar-refractivity contribution in [3.05, 3.63) is 35.7 Å². The van der Waals surface area contributed by atoms with Gasteiger partial charge < -0.3 is 9.84 Å². The van der Waals surface area contributed by atoms with Crippen LogP contribution in [0.2, 0.25) is 0 Å². The topological polar surface area (TPSA) is 68.0 Å². The minimum Gasteiger partial charge on any atom is -0.352 e. The monoisotopic (exact) mass is 327 g/mol. The number of carbonyl (C=O) groups excluding carboxylic acids is 1. The van der Waals surface area contributed by atoms with Crippen LogP contribution in [0.15, 0.2) is 28.8 Å². The lowest BCUT2D eigenvalue weighted by Gasteiger charge is -2.07. The third-order valence-corrected chi connectivity index (χ3v) is 3.08. The van der Waals surface area contributed by atoms with E-state index in [4.69, 9.17) is 0 Å². The van der Waals surface area contributed by atoms with Gasteiger partial charge in [-0.1, -0.05) is 31.1 Å². The van der Waals surface area contributed by atoms with Gasteiger partial charge in [-0.3, -0.25) is 4.79 Å². The number of nitrogens with zero attached hydrogens (tertiary/aromatic N) is 2. The standard InChI is InChI=1S/C15H16F3N3O2/c1-9(2)7-8-19-13(22)11-5-3-10(4-6-11)12-20-14(23-21-12)15(16,17)18/h3-6,9H,7-8H2,1-2H3,(H,19,22). The molecule has 1 aromatic carbocycles. The molecule has 2 rings (SSSR count). The van der Waals surface area contributed by atoms with Crippen molar-refractivity contribution in [3.8, 4) is 11.4 Å². The normalized spacial score (nSPS) is 11.7. The molecule has 0 saturated carbocycles. The second kappa shape index (κ2) is 6.80. The van der Waals surface area contributed by atoms with Crippen LogP contribution >= 0.6 is 0 Å². The summed E-state index contributed by atoms with van der Waals surface area (Å²) in [6.45, 7) is 4.68. The molecule has 23 heavy (non-hydrogen) atoms. The minimum absolute atomic E-state index is 0.177. The van der Waals surface area contributed by atoms with Crippen LogP contribution in [0.5, 0.6) is 0 Å². The number of rotatable bonds is 5. The number of aromatic nitrogens is 2. The number of halogens is 3. The van der Waals surface area contributed by atoms with Gasteiger partial charge in [-0.2, -0.15) is 18.2 Å². The summed E-state index contributed by atoms with van der Waals surface area (Å²) in [6.07, 6.45) is -3.81. The van der Waals surface area contributed by atoms with Crippen LogP contribution in [0.4, 0.5) is 13.2 Å². The predicted octanol–water partition coefficient (Wildman–Crippen LogP) is 3.53. The summed E-state index contributed by atoms with van der Waals surface area (Å²) in [5, 5.41) is 6.07. The molecular formula is C15H16F3N3O2. The quantitative estimate of drug-likeness (QED) is 0.912. The van der Waals surface area contributed by atoms with Crippen LogP contribution in [0.1, 0.15) is 36.5 Å².